The minimum Gasteiger partial charge on any atom is -0.333 e. The summed E-state index contributed by atoms with van der Waals surface area (Å²) in [7, 11) is 0. The van der Waals surface area contributed by atoms with Crippen LogP contribution in [0.2, 0.25) is 0 Å². The van der Waals surface area contributed by atoms with E-state index in [4.69, 9.17) is 0 Å². The number of benzene rings is 1. The summed E-state index contributed by atoms with van der Waals surface area (Å²) in [5.74, 6) is 0.639. The third kappa shape index (κ3) is 5.12. The molecule has 0 N–H and O–H groups in total. The van der Waals surface area contributed by atoms with Gasteiger partial charge in [0.2, 0.25) is 11.8 Å². The monoisotopic (exact) mass is 426 g/mol. The smallest absolute Gasteiger partial charge is 0.242 e. The maximum atomic E-state index is 13.5. The number of fused-ring (bicyclic) bond motifs is 1. The Morgan fingerprint density at radius 3 is 2.67 bits per heavy atom. The lowest BCUT2D eigenvalue weighted by molar-refractivity contribution is -0.142. The average Bonchev–Trinajstić information content (AvgIpc) is 3.19. The summed E-state index contributed by atoms with van der Waals surface area (Å²) in [6, 6.07) is 10.4. The lowest BCUT2D eigenvalue weighted by Gasteiger charge is -2.38. The quantitative estimate of drug-likeness (QED) is 0.582. The van der Waals surface area contributed by atoms with E-state index < -0.39 is 0 Å². The number of hydrogen-bond acceptors (Lipinski definition) is 3. The minimum absolute atomic E-state index is 0.0494. The van der Waals surface area contributed by atoms with E-state index in [0.29, 0.717) is 25.4 Å². The lowest BCUT2D eigenvalue weighted by atomic mass is 9.90. The molecule has 0 unspecified atom stereocenters. The number of rotatable bonds is 8. The largest absolute Gasteiger partial charge is 0.333 e. The second-order valence-electron chi connectivity index (χ2n) is 8.64. The fraction of sp³-hybridized carbons (Fsp3) is 0.520. The molecule has 2 amide bonds. The summed E-state index contributed by atoms with van der Waals surface area (Å²) < 4.78 is 0. The van der Waals surface area contributed by atoms with Crippen molar-refractivity contribution in [3.8, 4) is 0 Å². The first-order valence-corrected chi connectivity index (χ1v) is 12.0. The van der Waals surface area contributed by atoms with Gasteiger partial charge in [0.25, 0.3) is 0 Å². The van der Waals surface area contributed by atoms with Crippen LogP contribution in [0.25, 0.3) is 0 Å². The van der Waals surface area contributed by atoms with E-state index in [0.717, 1.165) is 19.3 Å². The van der Waals surface area contributed by atoms with Crippen LogP contribution in [0.4, 0.5) is 0 Å². The van der Waals surface area contributed by atoms with E-state index in [1.807, 2.05) is 24.0 Å². The zero-order valence-corrected chi connectivity index (χ0v) is 19.5. The molecule has 5 heteroatoms. The standard InChI is InChI=1S/C25H34N2O2S/c1-5-8-23(28)26(14-11-18(2)3)17-24(29)27-15-12-22-21(13-16-30-22)25(27)20-10-7-6-9-19(20)4/h6-7,9-10,13,16,18,25H,5,8,11-12,14-15,17H2,1-4H3/t25-/m1/s1. The van der Waals surface area contributed by atoms with E-state index in [-0.39, 0.29) is 24.4 Å². The molecule has 1 atom stereocenters. The summed E-state index contributed by atoms with van der Waals surface area (Å²) >= 11 is 1.78. The van der Waals surface area contributed by atoms with Crippen molar-refractivity contribution in [2.24, 2.45) is 5.92 Å². The summed E-state index contributed by atoms with van der Waals surface area (Å²) in [5, 5.41) is 2.13. The molecule has 1 aliphatic heterocycles. The molecule has 2 heterocycles. The van der Waals surface area contributed by atoms with E-state index in [1.54, 1.807) is 16.2 Å². The molecule has 3 rings (SSSR count). The Balaban J connectivity index is 1.87. The second-order valence-corrected chi connectivity index (χ2v) is 9.64. The molecule has 0 spiro atoms. The number of amides is 2. The van der Waals surface area contributed by atoms with E-state index in [9.17, 15) is 9.59 Å². The molecule has 1 aromatic heterocycles. The van der Waals surface area contributed by atoms with Crippen LogP contribution in [0.15, 0.2) is 35.7 Å². The number of carbonyl (C=O) groups is 2. The number of carbonyl (C=O) groups excluding carboxylic acids is 2. The number of nitrogens with zero attached hydrogens (tertiary/aromatic N) is 2. The summed E-state index contributed by atoms with van der Waals surface area (Å²) in [5.41, 5.74) is 3.61. The minimum atomic E-state index is -0.0677. The summed E-state index contributed by atoms with van der Waals surface area (Å²) in [6.45, 7) is 9.95. The third-order valence-corrected chi connectivity index (χ3v) is 6.88. The highest BCUT2D eigenvalue weighted by Gasteiger charge is 2.34. The van der Waals surface area contributed by atoms with Crippen LogP contribution in [0.5, 0.6) is 0 Å². The lowest BCUT2D eigenvalue weighted by Crippen LogP contribution is -2.47. The first-order valence-electron chi connectivity index (χ1n) is 11.1. The van der Waals surface area contributed by atoms with Crippen molar-refractivity contribution < 1.29 is 9.59 Å². The van der Waals surface area contributed by atoms with Crippen LogP contribution in [0, 0.1) is 12.8 Å². The summed E-state index contributed by atoms with van der Waals surface area (Å²) in [6.07, 6.45) is 3.11. The topological polar surface area (TPSA) is 40.6 Å². The first-order chi connectivity index (χ1) is 14.4. The molecule has 0 radical (unpaired) electrons. The van der Waals surface area contributed by atoms with Gasteiger partial charge in [0.05, 0.1) is 12.6 Å². The van der Waals surface area contributed by atoms with Gasteiger partial charge in [-0.1, -0.05) is 45.0 Å². The molecular weight excluding hydrogens is 392 g/mol. The molecule has 1 aromatic carbocycles. The average molecular weight is 427 g/mol. The van der Waals surface area contributed by atoms with Gasteiger partial charge >= 0.3 is 0 Å². The predicted molar refractivity (Wildman–Crippen MR) is 124 cm³/mol. The van der Waals surface area contributed by atoms with E-state index >= 15 is 0 Å². The van der Waals surface area contributed by atoms with E-state index in [1.165, 1.54) is 21.6 Å². The Kier molecular flexibility index (Phi) is 7.70. The van der Waals surface area contributed by atoms with Gasteiger partial charge in [0.1, 0.15) is 0 Å². The Morgan fingerprint density at radius 2 is 1.97 bits per heavy atom. The molecule has 30 heavy (non-hydrogen) atoms. The van der Waals surface area contributed by atoms with Crippen LogP contribution in [-0.4, -0.2) is 41.2 Å². The Labute approximate surface area is 184 Å². The SMILES string of the molecule is CCCC(=O)N(CCC(C)C)CC(=O)N1CCc2sccc2[C@H]1c1ccccc1C. The van der Waals surface area contributed by atoms with Crippen molar-refractivity contribution >= 4 is 23.2 Å². The van der Waals surface area contributed by atoms with Crippen molar-refractivity contribution in [2.75, 3.05) is 19.6 Å². The van der Waals surface area contributed by atoms with Gasteiger partial charge in [0, 0.05) is 24.4 Å². The van der Waals surface area contributed by atoms with Gasteiger partial charge < -0.3 is 9.80 Å². The normalized spacial score (nSPS) is 15.9. The zero-order chi connectivity index (χ0) is 21.7. The maximum absolute atomic E-state index is 13.5. The van der Waals surface area contributed by atoms with Crippen molar-refractivity contribution in [2.45, 2.75) is 59.4 Å². The third-order valence-electron chi connectivity index (χ3n) is 5.89. The van der Waals surface area contributed by atoms with Crippen LogP contribution < -0.4 is 0 Å². The highest BCUT2D eigenvalue weighted by Crippen LogP contribution is 2.39. The van der Waals surface area contributed by atoms with Gasteiger partial charge in [-0.25, -0.2) is 0 Å². The highest BCUT2D eigenvalue weighted by molar-refractivity contribution is 7.10. The molecule has 0 saturated heterocycles. The van der Waals surface area contributed by atoms with Crippen LogP contribution >= 0.6 is 11.3 Å². The zero-order valence-electron chi connectivity index (χ0n) is 18.7. The van der Waals surface area contributed by atoms with Crippen molar-refractivity contribution in [1.82, 2.24) is 9.80 Å². The number of aryl methyl sites for hydroxylation is 1. The number of hydrogen-bond donors (Lipinski definition) is 0. The molecule has 0 fully saturated rings. The molecule has 162 valence electrons. The van der Waals surface area contributed by atoms with Crippen molar-refractivity contribution in [3.63, 3.8) is 0 Å². The Hall–Kier alpha value is -2.14. The fourth-order valence-corrected chi connectivity index (χ4v) is 5.05. The molecule has 4 nitrogen and oxygen atoms in total. The van der Waals surface area contributed by atoms with Crippen LogP contribution in [0.1, 0.15) is 67.6 Å². The molecular formula is C25H34N2O2S. The molecule has 1 aliphatic rings. The Morgan fingerprint density at radius 1 is 1.20 bits per heavy atom. The fourth-order valence-electron chi connectivity index (χ4n) is 4.15. The highest BCUT2D eigenvalue weighted by atomic mass is 32.1. The van der Waals surface area contributed by atoms with Gasteiger partial charge in [0.15, 0.2) is 0 Å². The van der Waals surface area contributed by atoms with Gasteiger partial charge in [-0.15, -0.1) is 11.3 Å². The molecule has 0 bridgehead atoms. The van der Waals surface area contributed by atoms with Gasteiger partial charge in [-0.3, -0.25) is 9.59 Å². The van der Waals surface area contributed by atoms with Crippen molar-refractivity contribution in [1.29, 1.82) is 0 Å². The number of thiophene rings is 1. The first kappa shape index (κ1) is 22.5. The molecule has 0 aliphatic carbocycles. The molecule has 0 saturated carbocycles. The van der Waals surface area contributed by atoms with Crippen molar-refractivity contribution in [3.05, 3.63) is 57.3 Å². The van der Waals surface area contributed by atoms with Gasteiger partial charge in [-0.2, -0.15) is 0 Å². The predicted octanol–water partition coefficient (Wildman–Crippen LogP) is 5.21. The maximum Gasteiger partial charge on any atom is 0.242 e. The van der Waals surface area contributed by atoms with Crippen LogP contribution in [-0.2, 0) is 16.0 Å². The van der Waals surface area contributed by atoms with E-state index in [2.05, 4.69) is 44.4 Å². The Bertz CT molecular complexity index is 874. The van der Waals surface area contributed by atoms with Crippen LogP contribution in [0.3, 0.4) is 0 Å². The molecule has 2 aromatic rings. The second kappa shape index (κ2) is 10.3. The summed E-state index contributed by atoms with van der Waals surface area (Å²) in [4.78, 5) is 31.4. The van der Waals surface area contributed by atoms with Gasteiger partial charge in [-0.05, 0) is 60.2 Å².